The lowest BCUT2D eigenvalue weighted by Gasteiger charge is -2.27. The molecule has 0 amide bonds. The quantitative estimate of drug-likeness (QED) is 0.771. The first-order valence-electron chi connectivity index (χ1n) is 6.78. The van der Waals surface area contributed by atoms with Crippen molar-refractivity contribution in [1.29, 1.82) is 0 Å². The maximum Gasteiger partial charge on any atom is 0.352 e. The van der Waals surface area contributed by atoms with Crippen LogP contribution in [0.2, 0.25) is 0 Å². The van der Waals surface area contributed by atoms with E-state index in [-0.39, 0.29) is 16.6 Å². The van der Waals surface area contributed by atoms with E-state index in [4.69, 9.17) is 5.11 Å². The fourth-order valence-corrected chi connectivity index (χ4v) is 3.62. The number of nitrogens with zero attached hydrogens (tertiary/aromatic N) is 1. The van der Waals surface area contributed by atoms with Gasteiger partial charge in [0, 0.05) is 18.8 Å². The van der Waals surface area contributed by atoms with Gasteiger partial charge in [-0.3, -0.25) is 0 Å². The molecule has 0 saturated heterocycles. The molecular weight excluding hydrogens is 280 g/mol. The van der Waals surface area contributed by atoms with Crippen LogP contribution >= 0.6 is 0 Å². The first kappa shape index (κ1) is 16.7. The van der Waals surface area contributed by atoms with Crippen LogP contribution in [0.15, 0.2) is 17.2 Å². The molecule has 1 unspecified atom stereocenters. The lowest BCUT2D eigenvalue weighted by Crippen LogP contribution is -2.38. The summed E-state index contributed by atoms with van der Waals surface area (Å²) in [6.45, 7) is 6.23. The molecule has 1 aromatic heterocycles. The van der Waals surface area contributed by atoms with E-state index in [2.05, 4.69) is 4.98 Å². The average molecular weight is 302 g/mol. The third-order valence-corrected chi connectivity index (χ3v) is 5.30. The molecule has 0 fully saturated rings. The van der Waals surface area contributed by atoms with Crippen molar-refractivity contribution in [2.75, 3.05) is 6.54 Å². The van der Waals surface area contributed by atoms with E-state index >= 15 is 0 Å². The van der Waals surface area contributed by atoms with Gasteiger partial charge in [0.05, 0.1) is 0 Å². The largest absolute Gasteiger partial charge is 0.477 e. The van der Waals surface area contributed by atoms with Gasteiger partial charge >= 0.3 is 5.97 Å². The van der Waals surface area contributed by atoms with E-state index < -0.39 is 16.0 Å². The van der Waals surface area contributed by atoms with Gasteiger partial charge in [-0.05, 0) is 25.8 Å². The molecule has 0 aliphatic heterocycles. The SMILES string of the molecule is CCCCN(C(C)CC)S(=O)(=O)c1c[nH]c(C(=O)O)c1. The molecule has 1 aromatic rings. The molecule has 0 aliphatic carbocycles. The Morgan fingerprint density at radius 2 is 2.10 bits per heavy atom. The van der Waals surface area contributed by atoms with Gasteiger partial charge in [-0.25, -0.2) is 13.2 Å². The maximum atomic E-state index is 12.6. The lowest BCUT2D eigenvalue weighted by atomic mass is 10.2. The number of hydrogen-bond acceptors (Lipinski definition) is 3. The smallest absolute Gasteiger partial charge is 0.352 e. The first-order chi connectivity index (χ1) is 9.34. The summed E-state index contributed by atoms with van der Waals surface area (Å²) in [5, 5.41) is 8.86. The van der Waals surface area contributed by atoms with Crippen molar-refractivity contribution in [3.63, 3.8) is 0 Å². The zero-order valence-corrected chi connectivity index (χ0v) is 12.9. The molecule has 1 rings (SSSR count). The van der Waals surface area contributed by atoms with Crippen LogP contribution in [0.5, 0.6) is 0 Å². The van der Waals surface area contributed by atoms with Crippen LogP contribution < -0.4 is 0 Å². The van der Waals surface area contributed by atoms with E-state index in [1.807, 2.05) is 20.8 Å². The third-order valence-electron chi connectivity index (χ3n) is 3.31. The van der Waals surface area contributed by atoms with Gasteiger partial charge < -0.3 is 10.1 Å². The number of rotatable bonds is 8. The van der Waals surface area contributed by atoms with Gasteiger partial charge in [0.2, 0.25) is 10.0 Å². The second kappa shape index (κ2) is 6.90. The fraction of sp³-hybridized carbons (Fsp3) is 0.615. The summed E-state index contributed by atoms with van der Waals surface area (Å²) in [5.74, 6) is -1.17. The Bertz CT molecular complexity index is 550. The van der Waals surface area contributed by atoms with E-state index in [1.165, 1.54) is 16.6 Å². The Morgan fingerprint density at radius 3 is 2.55 bits per heavy atom. The Hall–Kier alpha value is -1.34. The monoisotopic (exact) mass is 302 g/mol. The summed E-state index contributed by atoms with van der Waals surface area (Å²) >= 11 is 0. The molecule has 1 heterocycles. The third kappa shape index (κ3) is 3.61. The molecular formula is C13H22N2O4S. The second-order valence-corrected chi connectivity index (χ2v) is 6.67. The summed E-state index contributed by atoms with van der Waals surface area (Å²) in [6.07, 6.45) is 3.62. The Balaban J connectivity index is 3.10. The van der Waals surface area contributed by atoms with Gasteiger partial charge in [-0.2, -0.15) is 4.31 Å². The number of nitrogens with one attached hydrogen (secondary N) is 1. The van der Waals surface area contributed by atoms with Crippen LogP contribution in [0.4, 0.5) is 0 Å². The van der Waals surface area contributed by atoms with Crippen molar-refractivity contribution >= 4 is 16.0 Å². The van der Waals surface area contributed by atoms with Gasteiger partial charge in [-0.1, -0.05) is 20.3 Å². The average Bonchev–Trinajstić information content (AvgIpc) is 2.89. The summed E-state index contributed by atoms with van der Waals surface area (Å²) < 4.78 is 26.6. The van der Waals surface area contributed by atoms with E-state index in [1.54, 1.807) is 0 Å². The standard InChI is InChI=1S/C13H22N2O4S/c1-4-6-7-15(10(3)5-2)20(18,19)11-8-12(13(16)17)14-9-11/h8-10,14H,4-7H2,1-3H3,(H,16,17). The highest BCUT2D eigenvalue weighted by atomic mass is 32.2. The topological polar surface area (TPSA) is 90.5 Å². The van der Waals surface area contributed by atoms with Crippen LogP contribution in [0.3, 0.4) is 0 Å². The van der Waals surface area contributed by atoms with E-state index in [0.29, 0.717) is 13.0 Å². The van der Waals surface area contributed by atoms with Gasteiger partial charge in [0.25, 0.3) is 0 Å². The highest BCUT2D eigenvalue weighted by Crippen LogP contribution is 2.21. The molecule has 114 valence electrons. The molecule has 0 bridgehead atoms. The van der Waals surface area contributed by atoms with Crippen molar-refractivity contribution < 1.29 is 18.3 Å². The van der Waals surface area contributed by atoms with Gasteiger partial charge in [-0.15, -0.1) is 0 Å². The summed E-state index contributed by atoms with van der Waals surface area (Å²) in [4.78, 5) is 13.3. The number of carboxylic acid groups (broad SMARTS) is 1. The fourth-order valence-electron chi connectivity index (χ4n) is 1.88. The molecule has 0 spiro atoms. The molecule has 20 heavy (non-hydrogen) atoms. The number of carbonyl (C=O) groups is 1. The minimum atomic E-state index is -3.66. The predicted molar refractivity (Wildman–Crippen MR) is 76.3 cm³/mol. The summed E-state index contributed by atoms with van der Waals surface area (Å²) in [5.41, 5.74) is -0.122. The first-order valence-corrected chi connectivity index (χ1v) is 8.22. The number of sulfonamides is 1. The Labute approximate surface area is 119 Å². The molecule has 7 heteroatoms. The van der Waals surface area contributed by atoms with Crippen LogP contribution in [0.25, 0.3) is 0 Å². The van der Waals surface area contributed by atoms with Crippen molar-refractivity contribution in [2.45, 2.75) is 51.0 Å². The molecule has 0 aliphatic rings. The number of H-pyrrole nitrogens is 1. The molecule has 0 saturated carbocycles. The van der Waals surface area contributed by atoms with Crippen molar-refractivity contribution in [1.82, 2.24) is 9.29 Å². The van der Waals surface area contributed by atoms with Crippen LogP contribution in [-0.4, -0.2) is 41.4 Å². The minimum absolute atomic E-state index is 0.00584. The number of aromatic amines is 1. The number of unbranched alkanes of at least 4 members (excludes halogenated alkanes) is 1. The zero-order chi connectivity index (χ0) is 15.3. The molecule has 2 N–H and O–H groups in total. The number of hydrogen-bond donors (Lipinski definition) is 2. The maximum absolute atomic E-state index is 12.6. The van der Waals surface area contributed by atoms with E-state index in [9.17, 15) is 13.2 Å². The highest BCUT2D eigenvalue weighted by molar-refractivity contribution is 7.89. The van der Waals surface area contributed by atoms with Crippen molar-refractivity contribution in [3.8, 4) is 0 Å². The normalized spacial score (nSPS) is 13.6. The summed E-state index contributed by atoms with van der Waals surface area (Å²) in [6, 6.07) is 1.05. The van der Waals surface area contributed by atoms with Crippen molar-refractivity contribution in [3.05, 3.63) is 18.0 Å². The molecule has 0 radical (unpaired) electrons. The second-order valence-electron chi connectivity index (χ2n) is 4.78. The Kier molecular flexibility index (Phi) is 5.76. The van der Waals surface area contributed by atoms with Crippen LogP contribution in [0.1, 0.15) is 50.5 Å². The van der Waals surface area contributed by atoms with Crippen LogP contribution in [-0.2, 0) is 10.0 Å². The highest BCUT2D eigenvalue weighted by Gasteiger charge is 2.29. The summed E-state index contributed by atoms with van der Waals surface area (Å²) in [7, 11) is -3.66. The van der Waals surface area contributed by atoms with Gasteiger partial charge in [0.15, 0.2) is 0 Å². The van der Waals surface area contributed by atoms with Crippen molar-refractivity contribution in [2.24, 2.45) is 0 Å². The zero-order valence-electron chi connectivity index (χ0n) is 12.1. The molecule has 6 nitrogen and oxygen atoms in total. The van der Waals surface area contributed by atoms with Gasteiger partial charge in [0.1, 0.15) is 10.6 Å². The minimum Gasteiger partial charge on any atom is -0.477 e. The predicted octanol–water partition coefficient (Wildman–Crippen LogP) is 2.30. The van der Waals surface area contributed by atoms with E-state index in [0.717, 1.165) is 12.8 Å². The molecule has 1 atom stereocenters. The number of aromatic carboxylic acids is 1. The molecule has 0 aromatic carbocycles. The lowest BCUT2D eigenvalue weighted by molar-refractivity contribution is 0.0691. The number of aromatic nitrogens is 1. The number of carboxylic acids is 1. The Morgan fingerprint density at radius 1 is 1.45 bits per heavy atom. The van der Waals surface area contributed by atoms with Crippen LogP contribution in [0, 0.1) is 0 Å².